The van der Waals surface area contributed by atoms with Gasteiger partial charge in [-0.15, -0.1) is 0 Å². The van der Waals surface area contributed by atoms with E-state index in [4.69, 9.17) is 16.7 Å². The molecule has 0 atom stereocenters. The second kappa shape index (κ2) is 5.97. The summed E-state index contributed by atoms with van der Waals surface area (Å²) < 4.78 is 0. The molecule has 0 saturated heterocycles. The molecule has 110 valence electrons. The number of hydrogen-bond donors (Lipinski definition) is 2. The Bertz CT molecular complexity index is 682. The molecule has 0 aliphatic carbocycles. The predicted molar refractivity (Wildman–Crippen MR) is 78.9 cm³/mol. The van der Waals surface area contributed by atoms with Crippen LogP contribution >= 0.6 is 11.6 Å². The SMILES string of the molecule is CC(C)N(C(=O)c1cccc(Cl)c1)c1[nH]ncc1C(=O)O. The van der Waals surface area contributed by atoms with Gasteiger partial charge in [0.1, 0.15) is 11.4 Å². The molecule has 2 N–H and O–H groups in total. The lowest BCUT2D eigenvalue weighted by Gasteiger charge is -2.25. The number of hydrogen-bond acceptors (Lipinski definition) is 3. The van der Waals surface area contributed by atoms with Gasteiger partial charge in [0.15, 0.2) is 0 Å². The van der Waals surface area contributed by atoms with Crippen molar-refractivity contribution in [3.05, 3.63) is 46.6 Å². The lowest BCUT2D eigenvalue weighted by Crippen LogP contribution is -2.38. The number of H-pyrrole nitrogens is 1. The van der Waals surface area contributed by atoms with E-state index in [0.717, 1.165) is 0 Å². The smallest absolute Gasteiger partial charge is 0.341 e. The highest BCUT2D eigenvalue weighted by atomic mass is 35.5. The van der Waals surface area contributed by atoms with Crippen molar-refractivity contribution in [2.75, 3.05) is 4.90 Å². The molecule has 1 heterocycles. The van der Waals surface area contributed by atoms with E-state index in [2.05, 4.69) is 10.2 Å². The summed E-state index contributed by atoms with van der Waals surface area (Å²) >= 11 is 5.89. The van der Waals surface area contributed by atoms with E-state index in [-0.39, 0.29) is 23.3 Å². The number of amides is 1. The first-order valence-corrected chi connectivity index (χ1v) is 6.65. The monoisotopic (exact) mass is 307 g/mol. The first kappa shape index (κ1) is 15.1. The number of carboxylic acids is 1. The van der Waals surface area contributed by atoms with Gasteiger partial charge in [0.2, 0.25) is 0 Å². The minimum absolute atomic E-state index is 0.0564. The zero-order chi connectivity index (χ0) is 15.6. The Labute approximate surface area is 126 Å². The number of anilines is 1. The number of nitrogens with one attached hydrogen (secondary N) is 1. The molecule has 7 heteroatoms. The Balaban J connectivity index is 2.46. The van der Waals surface area contributed by atoms with Crippen LogP contribution in [0.4, 0.5) is 5.82 Å². The number of aromatic amines is 1. The van der Waals surface area contributed by atoms with Crippen molar-refractivity contribution in [3.63, 3.8) is 0 Å². The van der Waals surface area contributed by atoms with Gasteiger partial charge in [-0.05, 0) is 32.0 Å². The largest absolute Gasteiger partial charge is 0.477 e. The van der Waals surface area contributed by atoms with Crippen LogP contribution in [0.25, 0.3) is 0 Å². The quantitative estimate of drug-likeness (QED) is 0.909. The highest BCUT2D eigenvalue weighted by molar-refractivity contribution is 6.31. The van der Waals surface area contributed by atoms with Gasteiger partial charge in [0.25, 0.3) is 5.91 Å². The van der Waals surface area contributed by atoms with Crippen LogP contribution in [0.1, 0.15) is 34.6 Å². The first-order valence-electron chi connectivity index (χ1n) is 6.27. The Morgan fingerprint density at radius 2 is 2.10 bits per heavy atom. The average Bonchev–Trinajstić information content (AvgIpc) is 2.87. The van der Waals surface area contributed by atoms with Crippen molar-refractivity contribution in [2.45, 2.75) is 19.9 Å². The summed E-state index contributed by atoms with van der Waals surface area (Å²) in [5.41, 5.74) is 0.321. The normalized spacial score (nSPS) is 10.7. The Kier molecular flexibility index (Phi) is 4.28. The maximum absolute atomic E-state index is 12.6. The standard InChI is InChI=1S/C14H14ClN3O3/c1-8(2)18(12-11(14(20)21)7-16-17-12)13(19)9-4-3-5-10(15)6-9/h3-8H,1-2H3,(H,16,17)(H,20,21). The van der Waals surface area contributed by atoms with Gasteiger partial charge in [-0.1, -0.05) is 17.7 Å². The third-order valence-corrected chi connectivity index (χ3v) is 3.13. The number of halogens is 1. The fraction of sp³-hybridized carbons (Fsp3) is 0.214. The van der Waals surface area contributed by atoms with Crippen LogP contribution in [0.2, 0.25) is 5.02 Å². The fourth-order valence-electron chi connectivity index (χ4n) is 1.97. The molecule has 0 spiro atoms. The predicted octanol–water partition coefficient (Wildman–Crippen LogP) is 2.82. The molecule has 21 heavy (non-hydrogen) atoms. The van der Waals surface area contributed by atoms with Crippen LogP contribution in [0.15, 0.2) is 30.5 Å². The van der Waals surface area contributed by atoms with Crippen LogP contribution < -0.4 is 4.90 Å². The van der Waals surface area contributed by atoms with E-state index in [1.165, 1.54) is 17.2 Å². The molecule has 1 aromatic carbocycles. The summed E-state index contributed by atoms with van der Waals surface area (Å²) in [6, 6.07) is 6.24. The first-order chi connectivity index (χ1) is 9.91. The highest BCUT2D eigenvalue weighted by Crippen LogP contribution is 2.23. The molecule has 0 unspecified atom stereocenters. The fourth-order valence-corrected chi connectivity index (χ4v) is 2.16. The van der Waals surface area contributed by atoms with E-state index in [1.54, 1.807) is 32.0 Å². The van der Waals surface area contributed by atoms with Crippen molar-refractivity contribution >= 4 is 29.3 Å². The number of nitrogens with zero attached hydrogens (tertiary/aromatic N) is 2. The molecule has 0 saturated carbocycles. The van der Waals surface area contributed by atoms with Gasteiger partial charge in [-0.2, -0.15) is 5.10 Å². The Morgan fingerprint density at radius 1 is 1.38 bits per heavy atom. The summed E-state index contributed by atoms with van der Waals surface area (Å²) in [6.07, 6.45) is 1.18. The summed E-state index contributed by atoms with van der Waals surface area (Å²) in [7, 11) is 0. The van der Waals surface area contributed by atoms with E-state index in [1.807, 2.05) is 0 Å². The van der Waals surface area contributed by atoms with E-state index < -0.39 is 5.97 Å². The lowest BCUT2D eigenvalue weighted by atomic mass is 10.1. The summed E-state index contributed by atoms with van der Waals surface area (Å²) in [5.74, 6) is -1.34. The number of carbonyl (C=O) groups excluding carboxylic acids is 1. The maximum Gasteiger partial charge on any atom is 0.341 e. The van der Waals surface area contributed by atoms with Crippen LogP contribution in [0.3, 0.4) is 0 Å². The number of carboxylic acid groups (broad SMARTS) is 1. The van der Waals surface area contributed by atoms with Crippen LogP contribution in [-0.4, -0.2) is 33.2 Å². The van der Waals surface area contributed by atoms with Crippen molar-refractivity contribution in [3.8, 4) is 0 Å². The van der Waals surface area contributed by atoms with E-state index in [9.17, 15) is 9.59 Å². The van der Waals surface area contributed by atoms with Gasteiger partial charge >= 0.3 is 5.97 Å². The van der Waals surface area contributed by atoms with Crippen molar-refractivity contribution in [1.82, 2.24) is 10.2 Å². The topological polar surface area (TPSA) is 86.3 Å². The van der Waals surface area contributed by atoms with E-state index >= 15 is 0 Å². The van der Waals surface area contributed by atoms with Crippen LogP contribution in [-0.2, 0) is 0 Å². The van der Waals surface area contributed by atoms with Crippen LogP contribution in [0.5, 0.6) is 0 Å². The zero-order valence-electron chi connectivity index (χ0n) is 11.5. The highest BCUT2D eigenvalue weighted by Gasteiger charge is 2.27. The number of benzene rings is 1. The molecule has 2 aromatic rings. The number of rotatable bonds is 4. The third kappa shape index (κ3) is 3.05. The molecule has 6 nitrogen and oxygen atoms in total. The Hall–Kier alpha value is -2.34. The molecule has 0 fully saturated rings. The molecule has 1 aromatic heterocycles. The molecule has 0 aliphatic heterocycles. The molecular formula is C14H14ClN3O3. The molecule has 0 aliphatic rings. The van der Waals surface area contributed by atoms with Gasteiger partial charge < -0.3 is 5.11 Å². The lowest BCUT2D eigenvalue weighted by molar-refractivity contribution is 0.0697. The molecule has 2 rings (SSSR count). The van der Waals surface area contributed by atoms with Gasteiger partial charge in [-0.3, -0.25) is 14.8 Å². The molecule has 0 bridgehead atoms. The van der Waals surface area contributed by atoms with Crippen molar-refractivity contribution in [1.29, 1.82) is 0 Å². The summed E-state index contributed by atoms with van der Waals surface area (Å²) in [5, 5.41) is 15.9. The second-order valence-electron chi connectivity index (χ2n) is 4.72. The second-order valence-corrected chi connectivity index (χ2v) is 5.15. The minimum atomic E-state index is -1.15. The van der Waals surface area contributed by atoms with Crippen molar-refractivity contribution in [2.24, 2.45) is 0 Å². The summed E-state index contributed by atoms with van der Waals surface area (Å²) in [4.78, 5) is 25.2. The molecular weight excluding hydrogens is 294 g/mol. The van der Waals surface area contributed by atoms with E-state index in [0.29, 0.717) is 10.6 Å². The summed E-state index contributed by atoms with van der Waals surface area (Å²) in [6.45, 7) is 3.57. The third-order valence-electron chi connectivity index (χ3n) is 2.90. The number of carbonyl (C=O) groups is 2. The van der Waals surface area contributed by atoms with Crippen molar-refractivity contribution < 1.29 is 14.7 Å². The van der Waals surface area contributed by atoms with Gasteiger partial charge in [-0.25, -0.2) is 4.79 Å². The van der Waals surface area contributed by atoms with Crippen LogP contribution in [0, 0.1) is 0 Å². The van der Waals surface area contributed by atoms with Gasteiger partial charge in [0.05, 0.1) is 6.20 Å². The number of aromatic carboxylic acids is 1. The minimum Gasteiger partial charge on any atom is -0.477 e. The molecule has 1 amide bonds. The zero-order valence-corrected chi connectivity index (χ0v) is 12.3. The maximum atomic E-state index is 12.6. The average molecular weight is 308 g/mol. The number of aromatic nitrogens is 2. The Morgan fingerprint density at radius 3 is 2.67 bits per heavy atom. The van der Waals surface area contributed by atoms with Gasteiger partial charge in [0, 0.05) is 16.6 Å². The molecule has 0 radical (unpaired) electrons.